The molecule has 4 heterocycles. The Labute approximate surface area is 151 Å². The van der Waals surface area contributed by atoms with Gasteiger partial charge in [0.15, 0.2) is 5.82 Å². The first-order chi connectivity index (χ1) is 12.7. The number of hydrogen-bond acceptors (Lipinski definition) is 4. The number of nitrogens with zero attached hydrogens (tertiary/aromatic N) is 4. The number of hydrogen-bond donors (Lipinski definition) is 1. The topological polar surface area (TPSA) is 62.5 Å². The van der Waals surface area contributed by atoms with E-state index in [9.17, 15) is 9.18 Å². The minimum atomic E-state index is -0.813. The number of carbonyl (C=O) groups excluding carboxylic acids is 1. The number of nitrogens with one attached hydrogen (secondary N) is 1. The number of anilines is 1. The van der Waals surface area contributed by atoms with Crippen molar-refractivity contribution in [3.8, 4) is 0 Å². The van der Waals surface area contributed by atoms with Gasteiger partial charge < -0.3 is 10.2 Å². The summed E-state index contributed by atoms with van der Waals surface area (Å²) in [5.41, 5.74) is 0.931. The van der Waals surface area contributed by atoms with Crippen LogP contribution in [0.2, 0.25) is 0 Å². The average molecular weight is 357 g/mol. The average Bonchev–Trinajstić information content (AvgIpc) is 3.42. The minimum Gasteiger partial charge on any atom is -0.354 e. The third-order valence-electron chi connectivity index (χ3n) is 6.63. The summed E-state index contributed by atoms with van der Waals surface area (Å²) in [6, 6.07) is 4.49. The van der Waals surface area contributed by atoms with Crippen LogP contribution < -0.4 is 10.2 Å². The van der Waals surface area contributed by atoms with E-state index in [1.807, 2.05) is 22.8 Å². The second-order valence-corrected chi connectivity index (χ2v) is 8.07. The van der Waals surface area contributed by atoms with E-state index < -0.39 is 6.17 Å². The number of halogens is 1. The standard InChI is InChI=1S/C19H24FN5O/c20-14-4-3-13(10-14)18(26)21-11-19-7-5-15(6-8-19)25(19)17-16-2-1-9-24(16)23-12-22-17/h1-2,9,12-15H,3-8,10-11H2,(H,21,26). The van der Waals surface area contributed by atoms with Crippen molar-refractivity contribution in [3.05, 3.63) is 24.7 Å². The van der Waals surface area contributed by atoms with Crippen molar-refractivity contribution in [2.45, 2.75) is 62.7 Å². The highest BCUT2D eigenvalue weighted by Gasteiger charge is 2.52. The normalized spacial score (nSPS) is 33.3. The second kappa shape index (κ2) is 5.93. The Morgan fingerprint density at radius 1 is 1.31 bits per heavy atom. The SMILES string of the molecule is O=C(NCC12CCC(CC1)N2c1ncnn2cccc12)C1CCC(F)C1. The van der Waals surface area contributed by atoms with E-state index in [0.29, 0.717) is 31.8 Å². The Morgan fingerprint density at radius 3 is 2.92 bits per heavy atom. The third-order valence-corrected chi connectivity index (χ3v) is 6.63. The van der Waals surface area contributed by atoms with Gasteiger partial charge in [-0.2, -0.15) is 5.10 Å². The maximum Gasteiger partial charge on any atom is 0.223 e. The molecule has 7 heteroatoms. The van der Waals surface area contributed by atoms with Gasteiger partial charge in [-0.1, -0.05) is 0 Å². The molecule has 2 unspecified atom stereocenters. The first-order valence-electron chi connectivity index (χ1n) is 9.66. The molecule has 2 aromatic rings. The molecule has 6 nitrogen and oxygen atoms in total. The number of rotatable bonds is 4. The molecule has 1 saturated carbocycles. The van der Waals surface area contributed by atoms with Gasteiger partial charge in [-0.3, -0.25) is 4.79 Å². The van der Waals surface area contributed by atoms with Gasteiger partial charge in [0.2, 0.25) is 5.91 Å². The zero-order valence-electron chi connectivity index (χ0n) is 14.8. The Morgan fingerprint density at radius 2 is 2.15 bits per heavy atom. The molecule has 138 valence electrons. The summed E-state index contributed by atoms with van der Waals surface area (Å²) in [4.78, 5) is 19.5. The van der Waals surface area contributed by atoms with Crippen molar-refractivity contribution < 1.29 is 9.18 Å². The van der Waals surface area contributed by atoms with E-state index >= 15 is 0 Å². The first kappa shape index (κ1) is 16.0. The molecule has 2 aromatic heterocycles. The fraction of sp³-hybridized carbons (Fsp3) is 0.632. The molecule has 2 aliphatic heterocycles. The van der Waals surface area contributed by atoms with Crippen LogP contribution in [0.1, 0.15) is 44.9 Å². The fourth-order valence-electron chi connectivity index (χ4n) is 5.28. The van der Waals surface area contributed by atoms with E-state index in [2.05, 4.69) is 20.3 Å². The quantitative estimate of drug-likeness (QED) is 0.913. The lowest BCUT2D eigenvalue weighted by molar-refractivity contribution is -0.125. The van der Waals surface area contributed by atoms with Crippen LogP contribution in [0.3, 0.4) is 0 Å². The van der Waals surface area contributed by atoms with Crippen molar-refractivity contribution >= 4 is 17.2 Å². The van der Waals surface area contributed by atoms with Crippen LogP contribution in [0.4, 0.5) is 10.2 Å². The van der Waals surface area contributed by atoms with E-state index in [4.69, 9.17) is 0 Å². The number of aromatic nitrogens is 3. The Bertz CT molecular complexity index is 828. The molecule has 2 atom stereocenters. The minimum absolute atomic E-state index is 0.0188. The lowest BCUT2D eigenvalue weighted by Gasteiger charge is -2.36. The summed E-state index contributed by atoms with van der Waals surface area (Å²) in [5, 5.41) is 7.42. The van der Waals surface area contributed by atoms with E-state index in [-0.39, 0.29) is 17.4 Å². The fourth-order valence-corrected chi connectivity index (χ4v) is 5.28. The molecule has 0 spiro atoms. The van der Waals surface area contributed by atoms with Crippen LogP contribution in [-0.4, -0.2) is 44.8 Å². The predicted molar refractivity (Wildman–Crippen MR) is 95.7 cm³/mol. The van der Waals surface area contributed by atoms with E-state index in [1.165, 1.54) is 0 Å². The summed E-state index contributed by atoms with van der Waals surface area (Å²) in [6.45, 7) is 0.618. The van der Waals surface area contributed by atoms with Gasteiger partial charge in [-0.05, 0) is 57.1 Å². The zero-order valence-corrected chi connectivity index (χ0v) is 14.8. The van der Waals surface area contributed by atoms with Gasteiger partial charge in [0.05, 0.1) is 5.54 Å². The molecule has 3 aliphatic rings. The molecule has 26 heavy (non-hydrogen) atoms. The first-order valence-corrected chi connectivity index (χ1v) is 9.66. The predicted octanol–water partition coefficient (Wildman–Crippen LogP) is 2.49. The number of fused-ring (bicyclic) bond motifs is 3. The highest BCUT2D eigenvalue weighted by Crippen LogP contribution is 2.48. The van der Waals surface area contributed by atoms with Gasteiger partial charge in [-0.25, -0.2) is 13.9 Å². The van der Waals surface area contributed by atoms with Crippen LogP contribution >= 0.6 is 0 Å². The largest absolute Gasteiger partial charge is 0.354 e. The van der Waals surface area contributed by atoms with Crippen LogP contribution in [0.5, 0.6) is 0 Å². The zero-order chi connectivity index (χ0) is 17.7. The molecule has 2 bridgehead atoms. The third kappa shape index (κ3) is 2.40. The maximum atomic E-state index is 13.4. The number of amides is 1. The van der Waals surface area contributed by atoms with Crippen LogP contribution in [0, 0.1) is 5.92 Å². The highest BCUT2D eigenvalue weighted by atomic mass is 19.1. The van der Waals surface area contributed by atoms with E-state index in [1.54, 1.807) is 6.33 Å². The van der Waals surface area contributed by atoms with Crippen LogP contribution in [-0.2, 0) is 4.79 Å². The molecule has 3 fully saturated rings. The lowest BCUT2D eigenvalue weighted by atomic mass is 9.87. The van der Waals surface area contributed by atoms with Crippen molar-refractivity contribution in [1.29, 1.82) is 0 Å². The van der Waals surface area contributed by atoms with Gasteiger partial charge in [0, 0.05) is 24.7 Å². The van der Waals surface area contributed by atoms with Crippen molar-refractivity contribution in [1.82, 2.24) is 19.9 Å². The van der Waals surface area contributed by atoms with E-state index in [0.717, 1.165) is 37.0 Å². The summed E-state index contributed by atoms with van der Waals surface area (Å²) in [7, 11) is 0. The summed E-state index contributed by atoms with van der Waals surface area (Å²) in [5.74, 6) is 0.819. The molecule has 0 aromatic carbocycles. The Balaban J connectivity index is 1.38. The maximum absolute atomic E-state index is 13.4. The van der Waals surface area contributed by atoms with Gasteiger partial charge in [0.1, 0.15) is 18.0 Å². The molecular formula is C19H24FN5O. The molecule has 1 amide bonds. The molecular weight excluding hydrogens is 333 g/mol. The summed E-state index contributed by atoms with van der Waals surface area (Å²) < 4.78 is 15.3. The van der Waals surface area contributed by atoms with Crippen molar-refractivity contribution in [2.24, 2.45) is 5.92 Å². The smallest absolute Gasteiger partial charge is 0.223 e. The van der Waals surface area contributed by atoms with Crippen molar-refractivity contribution in [2.75, 3.05) is 11.4 Å². The van der Waals surface area contributed by atoms with Crippen molar-refractivity contribution in [3.63, 3.8) is 0 Å². The monoisotopic (exact) mass is 357 g/mol. The molecule has 5 rings (SSSR count). The highest BCUT2D eigenvalue weighted by molar-refractivity contribution is 5.79. The van der Waals surface area contributed by atoms with Gasteiger partial charge in [-0.15, -0.1) is 0 Å². The van der Waals surface area contributed by atoms with Gasteiger partial charge in [0.25, 0.3) is 0 Å². The molecule has 0 radical (unpaired) electrons. The lowest BCUT2D eigenvalue weighted by Crippen LogP contribution is -2.51. The van der Waals surface area contributed by atoms with Gasteiger partial charge >= 0.3 is 0 Å². The number of alkyl halides is 1. The molecule has 2 saturated heterocycles. The summed E-state index contributed by atoms with van der Waals surface area (Å²) in [6.07, 6.45) is 8.66. The number of carbonyl (C=O) groups is 1. The Kier molecular flexibility index (Phi) is 3.65. The second-order valence-electron chi connectivity index (χ2n) is 8.07. The summed E-state index contributed by atoms with van der Waals surface area (Å²) >= 11 is 0. The molecule has 1 aliphatic carbocycles. The van der Waals surface area contributed by atoms with Crippen LogP contribution in [0.25, 0.3) is 5.52 Å². The molecule has 1 N–H and O–H groups in total. The van der Waals surface area contributed by atoms with Crippen LogP contribution in [0.15, 0.2) is 24.7 Å². The Hall–Kier alpha value is -2.18.